The zero-order chi connectivity index (χ0) is 22.1. The van der Waals surface area contributed by atoms with E-state index in [1.807, 2.05) is 0 Å². The number of nitrogens with one attached hydrogen (secondary N) is 2. The molecule has 0 saturated carbocycles. The quantitative estimate of drug-likeness (QED) is 0.691. The van der Waals surface area contributed by atoms with Crippen LogP contribution in [0.25, 0.3) is 0 Å². The molecule has 0 radical (unpaired) electrons. The predicted octanol–water partition coefficient (Wildman–Crippen LogP) is 2.01. The zero-order valence-electron chi connectivity index (χ0n) is 17.3. The second kappa shape index (κ2) is 8.48. The third kappa shape index (κ3) is 4.30. The minimum Gasteiger partial charge on any atom is -0.441 e. The molecule has 3 heterocycles. The lowest BCUT2D eigenvalue weighted by atomic mass is 10.1. The number of rotatable bonds is 5. The van der Waals surface area contributed by atoms with Gasteiger partial charge in [0.1, 0.15) is 23.5 Å². The molecular weight excluding hydrogens is 406 g/mol. The van der Waals surface area contributed by atoms with Crippen LogP contribution in [0.4, 0.5) is 10.5 Å². The highest BCUT2D eigenvalue weighted by molar-refractivity contribution is 5.96. The summed E-state index contributed by atoms with van der Waals surface area (Å²) in [5.41, 5.74) is 1.95. The largest absolute Gasteiger partial charge is 0.441 e. The molecule has 2 fully saturated rings. The number of fused-ring (bicyclic) bond motifs is 1. The van der Waals surface area contributed by atoms with Crippen molar-refractivity contribution in [1.82, 2.24) is 10.5 Å². The summed E-state index contributed by atoms with van der Waals surface area (Å²) in [6.45, 7) is 5.23. The smallest absolute Gasteiger partial charge is 0.412 e. The molecule has 2 saturated heterocycles. The first-order chi connectivity index (χ1) is 14.8. The molecule has 0 unspecified atom stereocenters. The SMILES string of the molecule is CC(=O)c1ccc(NC(=O)O[C@@H]2CO[C@H]3[C@H]2OC[C@H]3NC(=O)c2c(C)noc2C)cc1. The molecule has 31 heavy (non-hydrogen) atoms. The number of nitrogens with zero attached hydrogens (tertiary/aromatic N) is 1. The van der Waals surface area contributed by atoms with E-state index in [2.05, 4.69) is 15.8 Å². The molecule has 0 bridgehead atoms. The first-order valence-electron chi connectivity index (χ1n) is 9.89. The molecule has 10 nitrogen and oxygen atoms in total. The van der Waals surface area contributed by atoms with E-state index >= 15 is 0 Å². The summed E-state index contributed by atoms with van der Waals surface area (Å²) in [4.78, 5) is 36.2. The van der Waals surface area contributed by atoms with Crippen molar-refractivity contribution in [3.05, 3.63) is 46.8 Å². The molecule has 2 N–H and O–H groups in total. The fourth-order valence-electron chi connectivity index (χ4n) is 3.81. The van der Waals surface area contributed by atoms with E-state index < -0.39 is 24.4 Å². The van der Waals surface area contributed by atoms with Gasteiger partial charge in [-0.05, 0) is 45.0 Å². The minimum atomic E-state index is -0.656. The second-order valence-electron chi connectivity index (χ2n) is 7.58. The zero-order valence-corrected chi connectivity index (χ0v) is 17.3. The Kier molecular flexibility index (Phi) is 5.75. The number of carbonyl (C=O) groups is 3. The highest BCUT2D eigenvalue weighted by Gasteiger charge is 2.50. The Labute approximate surface area is 178 Å². The van der Waals surface area contributed by atoms with Crippen LogP contribution in [-0.4, -0.2) is 60.5 Å². The lowest BCUT2D eigenvalue weighted by molar-refractivity contribution is 0.00861. The molecule has 2 aliphatic heterocycles. The van der Waals surface area contributed by atoms with Gasteiger partial charge in [0.05, 0.1) is 24.9 Å². The summed E-state index contributed by atoms with van der Waals surface area (Å²) in [5, 5.41) is 9.30. The third-order valence-electron chi connectivity index (χ3n) is 5.38. The van der Waals surface area contributed by atoms with Crippen molar-refractivity contribution in [3.63, 3.8) is 0 Å². The first kappa shape index (κ1) is 21.0. The third-order valence-corrected chi connectivity index (χ3v) is 5.38. The topological polar surface area (TPSA) is 129 Å². The molecular formula is C21H23N3O7. The maximum absolute atomic E-state index is 12.6. The number of aromatic nitrogens is 1. The molecule has 1 aromatic heterocycles. The molecule has 0 aliphatic carbocycles. The van der Waals surface area contributed by atoms with Crippen LogP contribution in [0.5, 0.6) is 0 Å². The lowest BCUT2D eigenvalue weighted by Crippen LogP contribution is -2.44. The molecule has 2 aromatic rings. The van der Waals surface area contributed by atoms with E-state index in [-0.39, 0.29) is 30.9 Å². The lowest BCUT2D eigenvalue weighted by Gasteiger charge is -2.18. The molecule has 10 heteroatoms. The van der Waals surface area contributed by atoms with Crippen molar-refractivity contribution in [2.75, 3.05) is 18.5 Å². The number of ether oxygens (including phenoxy) is 3. The summed E-state index contributed by atoms with van der Waals surface area (Å²) < 4.78 is 22.0. The minimum absolute atomic E-state index is 0.0577. The molecule has 2 amide bonds. The van der Waals surface area contributed by atoms with E-state index in [1.54, 1.807) is 38.1 Å². The van der Waals surface area contributed by atoms with Crippen LogP contribution in [0.2, 0.25) is 0 Å². The number of hydrogen-bond acceptors (Lipinski definition) is 8. The van der Waals surface area contributed by atoms with Gasteiger partial charge in [0.2, 0.25) is 0 Å². The summed E-state index contributed by atoms with van der Waals surface area (Å²) in [6, 6.07) is 6.11. The molecule has 4 rings (SSSR count). The number of amides is 2. The van der Waals surface area contributed by atoms with Crippen molar-refractivity contribution >= 4 is 23.5 Å². The van der Waals surface area contributed by atoms with Crippen molar-refractivity contribution in [2.45, 2.75) is 45.1 Å². The standard InChI is InChI=1S/C21H23N3O7/c1-10-17(12(3)31-24-10)20(26)23-15-8-28-19-16(9-29-18(15)19)30-21(27)22-14-6-4-13(5-7-14)11(2)25/h4-7,15-16,18-19H,8-9H2,1-3H3,(H,22,27)(H,23,26)/t15-,16-,18-,19+/m1/s1. The van der Waals surface area contributed by atoms with Crippen molar-refractivity contribution < 1.29 is 33.1 Å². The van der Waals surface area contributed by atoms with Crippen molar-refractivity contribution in [3.8, 4) is 0 Å². The van der Waals surface area contributed by atoms with E-state index in [4.69, 9.17) is 18.7 Å². The van der Waals surface area contributed by atoms with Gasteiger partial charge in [0.25, 0.3) is 5.91 Å². The fourth-order valence-corrected chi connectivity index (χ4v) is 3.81. The molecule has 4 atom stereocenters. The Morgan fingerprint density at radius 2 is 1.77 bits per heavy atom. The van der Waals surface area contributed by atoms with Gasteiger partial charge in [-0.3, -0.25) is 14.9 Å². The van der Waals surface area contributed by atoms with Crippen LogP contribution >= 0.6 is 0 Å². The number of ketones is 1. The van der Waals surface area contributed by atoms with Gasteiger partial charge in [-0.2, -0.15) is 0 Å². The summed E-state index contributed by atoms with van der Waals surface area (Å²) >= 11 is 0. The van der Waals surface area contributed by atoms with Crippen LogP contribution in [0, 0.1) is 13.8 Å². The van der Waals surface area contributed by atoms with Crippen LogP contribution < -0.4 is 10.6 Å². The van der Waals surface area contributed by atoms with E-state index in [9.17, 15) is 14.4 Å². The predicted molar refractivity (Wildman–Crippen MR) is 107 cm³/mol. The van der Waals surface area contributed by atoms with Gasteiger partial charge in [-0.1, -0.05) is 5.16 Å². The average Bonchev–Trinajstić information content (AvgIpc) is 3.39. The van der Waals surface area contributed by atoms with Crippen molar-refractivity contribution in [1.29, 1.82) is 0 Å². The van der Waals surface area contributed by atoms with Gasteiger partial charge >= 0.3 is 6.09 Å². The first-order valence-corrected chi connectivity index (χ1v) is 9.89. The summed E-state index contributed by atoms with van der Waals surface area (Å²) in [6.07, 6.45) is -2.18. The highest BCUT2D eigenvalue weighted by atomic mass is 16.6. The Balaban J connectivity index is 1.32. The molecule has 164 valence electrons. The van der Waals surface area contributed by atoms with E-state index in [0.29, 0.717) is 28.3 Å². The number of aryl methyl sites for hydroxylation is 2. The molecule has 1 aromatic carbocycles. The van der Waals surface area contributed by atoms with Crippen LogP contribution in [-0.2, 0) is 14.2 Å². The normalized spacial score (nSPS) is 24.5. The monoisotopic (exact) mass is 429 g/mol. The van der Waals surface area contributed by atoms with E-state index in [1.165, 1.54) is 6.92 Å². The number of carbonyl (C=O) groups excluding carboxylic acids is 3. The summed E-state index contributed by atoms with van der Waals surface area (Å²) in [5.74, 6) is 0.0647. The van der Waals surface area contributed by atoms with Crippen LogP contribution in [0.3, 0.4) is 0 Å². The van der Waals surface area contributed by atoms with Crippen LogP contribution in [0.1, 0.15) is 39.1 Å². The van der Waals surface area contributed by atoms with Gasteiger partial charge < -0.3 is 24.1 Å². The maximum atomic E-state index is 12.6. The maximum Gasteiger partial charge on any atom is 0.412 e. The number of anilines is 1. The molecule has 2 aliphatic rings. The van der Waals surface area contributed by atoms with Crippen molar-refractivity contribution in [2.24, 2.45) is 0 Å². The number of Topliss-reactive ketones (excluding diaryl/α,β-unsaturated/α-hetero) is 1. The number of benzene rings is 1. The van der Waals surface area contributed by atoms with Gasteiger partial charge in [-0.25, -0.2) is 4.79 Å². The summed E-state index contributed by atoms with van der Waals surface area (Å²) in [7, 11) is 0. The van der Waals surface area contributed by atoms with Crippen LogP contribution in [0.15, 0.2) is 28.8 Å². The Morgan fingerprint density at radius 1 is 1.06 bits per heavy atom. The molecule has 0 spiro atoms. The van der Waals surface area contributed by atoms with Gasteiger partial charge in [0, 0.05) is 11.3 Å². The Hall–Kier alpha value is -3.24. The van der Waals surface area contributed by atoms with E-state index in [0.717, 1.165) is 0 Å². The van der Waals surface area contributed by atoms with Gasteiger partial charge in [-0.15, -0.1) is 0 Å². The Morgan fingerprint density at radius 3 is 2.42 bits per heavy atom. The van der Waals surface area contributed by atoms with Gasteiger partial charge in [0.15, 0.2) is 11.9 Å². The fraction of sp³-hybridized carbons (Fsp3) is 0.429. The average molecular weight is 429 g/mol. The number of hydrogen-bond donors (Lipinski definition) is 2. The second-order valence-corrected chi connectivity index (χ2v) is 7.58. The Bertz CT molecular complexity index is 981. The highest BCUT2D eigenvalue weighted by Crippen LogP contribution is 2.29.